The van der Waals surface area contributed by atoms with Gasteiger partial charge in [-0.2, -0.15) is 0 Å². The Bertz CT molecular complexity index is 1620. The molecule has 2 amide bonds. The lowest BCUT2D eigenvalue weighted by molar-refractivity contribution is -0.385. The first-order chi connectivity index (χ1) is 20.2. The van der Waals surface area contributed by atoms with E-state index in [1.165, 1.54) is 24.3 Å². The second-order valence-corrected chi connectivity index (χ2v) is 10.2. The highest BCUT2D eigenvalue weighted by atomic mass is 16.6. The molecule has 2 unspecified atom stereocenters. The Morgan fingerprint density at radius 2 is 1.29 bits per heavy atom. The van der Waals surface area contributed by atoms with Crippen molar-refractivity contribution in [2.24, 2.45) is 0 Å². The molecule has 5 rings (SSSR count). The summed E-state index contributed by atoms with van der Waals surface area (Å²) in [6.45, 7) is 1.95. The third kappa shape index (κ3) is 5.87. The molecule has 0 N–H and O–H groups in total. The minimum absolute atomic E-state index is 0.0369. The zero-order chi connectivity index (χ0) is 29.8. The summed E-state index contributed by atoms with van der Waals surface area (Å²) < 4.78 is 0. The second kappa shape index (κ2) is 12.0. The molecule has 1 heterocycles. The van der Waals surface area contributed by atoms with Crippen molar-refractivity contribution in [3.63, 3.8) is 0 Å². The van der Waals surface area contributed by atoms with Crippen molar-refractivity contribution in [3.8, 4) is 0 Å². The number of carbonyl (C=O) groups excluding carboxylic acids is 2. The number of rotatable bonds is 8. The van der Waals surface area contributed by atoms with Gasteiger partial charge in [0.05, 0.1) is 28.7 Å². The summed E-state index contributed by atoms with van der Waals surface area (Å²) in [6.07, 6.45) is 0.593. The molecule has 0 saturated carbocycles. The number of nitro groups is 2. The van der Waals surface area contributed by atoms with Gasteiger partial charge in [-0.05, 0) is 48.2 Å². The van der Waals surface area contributed by atoms with Crippen LogP contribution in [0.4, 0.5) is 22.7 Å². The zero-order valence-corrected chi connectivity index (χ0v) is 22.8. The van der Waals surface area contributed by atoms with Gasteiger partial charge in [0.2, 0.25) is 11.8 Å². The minimum Gasteiger partial charge on any atom is -0.309 e. The fraction of sp³-hybridized carbons (Fsp3) is 0.188. The first-order valence-corrected chi connectivity index (χ1v) is 13.5. The lowest BCUT2D eigenvalue weighted by Crippen LogP contribution is -2.48. The molecule has 10 nitrogen and oxygen atoms in total. The summed E-state index contributed by atoms with van der Waals surface area (Å²) in [4.78, 5) is 52.2. The van der Waals surface area contributed by atoms with E-state index in [1.807, 2.05) is 61.5 Å². The lowest BCUT2D eigenvalue weighted by Gasteiger charge is -2.43. The van der Waals surface area contributed by atoms with E-state index in [0.717, 1.165) is 5.56 Å². The molecule has 0 bridgehead atoms. The van der Waals surface area contributed by atoms with Crippen LogP contribution in [0.1, 0.15) is 36.1 Å². The highest BCUT2D eigenvalue weighted by Crippen LogP contribution is 2.42. The quantitative estimate of drug-likeness (QED) is 0.186. The molecule has 4 aromatic rings. The van der Waals surface area contributed by atoms with Gasteiger partial charge in [0.25, 0.3) is 11.4 Å². The summed E-state index contributed by atoms with van der Waals surface area (Å²) in [5, 5.41) is 22.1. The number of nitrogens with zero attached hydrogens (tertiary/aromatic N) is 4. The summed E-state index contributed by atoms with van der Waals surface area (Å²) >= 11 is 0. The van der Waals surface area contributed by atoms with Gasteiger partial charge in [0.15, 0.2) is 0 Å². The van der Waals surface area contributed by atoms with Gasteiger partial charge >= 0.3 is 0 Å². The van der Waals surface area contributed by atoms with E-state index in [4.69, 9.17) is 0 Å². The molecular weight excluding hydrogens is 536 g/mol. The molecule has 4 aromatic carbocycles. The number of amides is 2. The van der Waals surface area contributed by atoms with Crippen LogP contribution in [-0.4, -0.2) is 27.7 Å². The topological polar surface area (TPSA) is 127 Å². The summed E-state index contributed by atoms with van der Waals surface area (Å²) in [5.41, 5.74) is 3.49. The van der Waals surface area contributed by atoms with Gasteiger partial charge in [0.1, 0.15) is 0 Å². The largest absolute Gasteiger partial charge is 0.309 e. The Kier molecular flexibility index (Phi) is 8.05. The molecule has 1 aliphatic heterocycles. The van der Waals surface area contributed by atoms with Crippen molar-refractivity contribution in [1.29, 1.82) is 0 Å². The average Bonchev–Trinajstić information content (AvgIpc) is 2.98. The van der Waals surface area contributed by atoms with Crippen LogP contribution in [0.15, 0.2) is 103 Å². The molecule has 0 saturated heterocycles. The molecule has 0 aromatic heterocycles. The maximum Gasteiger partial charge on any atom is 0.269 e. The normalized spacial score (nSPS) is 15.9. The van der Waals surface area contributed by atoms with Crippen molar-refractivity contribution in [2.45, 2.75) is 38.3 Å². The highest BCUT2D eigenvalue weighted by Gasteiger charge is 2.38. The van der Waals surface area contributed by atoms with E-state index >= 15 is 0 Å². The number of benzene rings is 4. The van der Waals surface area contributed by atoms with Crippen LogP contribution in [0, 0.1) is 20.2 Å². The maximum absolute atomic E-state index is 13.9. The Morgan fingerprint density at radius 3 is 1.86 bits per heavy atom. The van der Waals surface area contributed by atoms with Gasteiger partial charge in [-0.3, -0.25) is 29.8 Å². The van der Waals surface area contributed by atoms with Crippen LogP contribution in [0.3, 0.4) is 0 Å². The molecular formula is C32H28N4O6. The van der Waals surface area contributed by atoms with Crippen LogP contribution in [0.5, 0.6) is 0 Å². The lowest BCUT2D eigenvalue weighted by atomic mass is 9.89. The minimum atomic E-state index is -0.476. The van der Waals surface area contributed by atoms with E-state index < -0.39 is 9.85 Å². The molecule has 1 aliphatic rings. The van der Waals surface area contributed by atoms with E-state index in [-0.39, 0.29) is 48.1 Å². The van der Waals surface area contributed by atoms with Crippen LogP contribution >= 0.6 is 0 Å². The van der Waals surface area contributed by atoms with E-state index in [1.54, 1.807) is 34.1 Å². The van der Waals surface area contributed by atoms with Gasteiger partial charge in [-0.15, -0.1) is 0 Å². The number of carbonyl (C=O) groups is 2. The molecule has 10 heteroatoms. The fourth-order valence-electron chi connectivity index (χ4n) is 5.48. The maximum atomic E-state index is 13.9. The van der Waals surface area contributed by atoms with Crippen LogP contribution < -0.4 is 9.80 Å². The average molecular weight is 565 g/mol. The van der Waals surface area contributed by atoms with Gasteiger partial charge in [-0.25, -0.2) is 0 Å². The predicted molar refractivity (Wildman–Crippen MR) is 158 cm³/mol. The van der Waals surface area contributed by atoms with Gasteiger partial charge < -0.3 is 9.80 Å². The highest BCUT2D eigenvalue weighted by molar-refractivity contribution is 5.99. The number of non-ortho nitro benzene ring substituents is 2. The first-order valence-electron chi connectivity index (χ1n) is 13.5. The van der Waals surface area contributed by atoms with E-state index in [0.29, 0.717) is 28.9 Å². The number of hydrogen-bond acceptors (Lipinski definition) is 6. The number of nitro benzene ring substituents is 2. The monoisotopic (exact) mass is 564 g/mol. The van der Waals surface area contributed by atoms with Crippen LogP contribution in [0.25, 0.3) is 0 Å². The van der Waals surface area contributed by atoms with E-state index in [2.05, 4.69) is 0 Å². The molecule has 0 aliphatic carbocycles. The number of para-hydroxylation sites is 2. The first kappa shape index (κ1) is 28.2. The summed E-state index contributed by atoms with van der Waals surface area (Å²) in [7, 11) is 0. The molecule has 2 atom stereocenters. The smallest absolute Gasteiger partial charge is 0.269 e. The van der Waals surface area contributed by atoms with E-state index in [9.17, 15) is 29.8 Å². The third-order valence-electron chi connectivity index (χ3n) is 7.45. The second-order valence-electron chi connectivity index (χ2n) is 10.2. The molecule has 0 fully saturated rings. The Morgan fingerprint density at radius 1 is 0.762 bits per heavy atom. The van der Waals surface area contributed by atoms with Crippen molar-refractivity contribution in [1.82, 2.24) is 0 Å². The molecule has 212 valence electrons. The SMILES string of the molecule is CC1CC(N(C(=O)Cc2ccc([N+](=O)[O-])cc2)c2ccccc2)c2ccccc2N1C(=O)Cc1ccc([N+](=O)[O-])cc1. The fourth-order valence-corrected chi connectivity index (χ4v) is 5.48. The summed E-state index contributed by atoms with van der Waals surface area (Å²) in [5.74, 6) is -0.321. The Labute approximate surface area is 242 Å². The number of anilines is 2. The van der Waals surface area contributed by atoms with Crippen molar-refractivity contribution >= 4 is 34.6 Å². The Hall–Kier alpha value is -5.38. The van der Waals surface area contributed by atoms with Crippen molar-refractivity contribution < 1.29 is 19.4 Å². The van der Waals surface area contributed by atoms with Gasteiger partial charge in [-0.1, -0.05) is 60.7 Å². The zero-order valence-electron chi connectivity index (χ0n) is 22.8. The van der Waals surface area contributed by atoms with Crippen molar-refractivity contribution in [2.75, 3.05) is 9.80 Å². The van der Waals surface area contributed by atoms with Crippen molar-refractivity contribution in [3.05, 3.63) is 140 Å². The summed E-state index contributed by atoms with van der Waals surface area (Å²) in [6, 6.07) is 28.2. The Balaban J connectivity index is 1.46. The third-order valence-corrected chi connectivity index (χ3v) is 7.45. The number of hydrogen-bond donors (Lipinski definition) is 0. The van der Waals surface area contributed by atoms with Crippen LogP contribution in [-0.2, 0) is 22.4 Å². The standard InChI is InChI=1S/C32H28N4O6/c1-22-19-30(34(25-7-3-2-4-8-25)32(38)21-24-13-17-27(18-14-24)36(41)42)28-9-5-6-10-29(28)33(22)31(37)20-23-11-15-26(16-12-23)35(39)40/h2-18,22,30H,19-21H2,1H3. The molecule has 0 spiro atoms. The predicted octanol–water partition coefficient (Wildman–Crippen LogP) is 6.19. The van der Waals surface area contributed by atoms with Crippen LogP contribution in [0.2, 0.25) is 0 Å². The van der Waals surface area contributed by atoms with Gasteiger partial charge in [0, 0.05) is 41.7 Å². The molecule has 42 heavy (non-hydrogen) atoms. The number of fused-ring (bicyclic) bond motifs is 1. The molecule has 0 radical (unpaired) electrons.